The first-order valence-electron chi connectivity index (χ1n) is 8.79. The van der Waals surface area contributed by atoms with Crippen LogP contribution in [-0.4, -0.2) is 26.5 Å². The van der Waals surface area contributed by atoms with Crippen molar-refractivity contribution in [3.05, 3.63) is 59.1 Å². The van der Waals surface area contributed by atoms with E-state index < -0.39 is 9.84 Å². The highest BCUT2D eigenvalue weighted by Gasteiger charge is 2.32. The van der Waals surface area contributed by atoms with Crippen molar-refractivity contribution in [1.29, 1.82) is 0 Å². The zero-order valence-corrected chi connectivity index (χ0v) is 16.4. The molecule has 7 heteroatoms. The van der Waals surface area contributed by atoms with Gasteiger partial charge in [0, 0.05) is 23.7 Å². The van der Waals surface area contributed by atoms with Crippen LogP contribution in [0.4, 0.5) is 5.88 Å². The van der Waals surface area contributed by atoms with Gasteiger partial charge in [-0.15, -0.1) is 0 Å². The number of hydrogen-bond acceptors (Lipinski definition) is 5. The van der Waals surface area contributed by atoms with Crippen molar-refractivity contribution >= 4 is 27.3 Å². The SMILES string of the molecule is Cc1ccccc1-c1nc(S(=O)(=O)c2ccc(Cl)cc2)c(N2CCCC2)o1. The summed E-state index contributed by atoms with van der Waals surface area (Å²) in [6, 6.07) is 13.7. The number of benzene rings is 2. The summed E-state index contributed by atoms with van der Waals surface area (Å²) < 4.78 is 32.5. The number of sulfone groups is 1. The molecule has 0 spiro atoms. The number of aromatic nitrogens is 1. The molecule has 0 atom stereocenters. The molecule has 0 amide bonds. The van der Waals surface area contributed by atoms with Gasteiger partial charge in [0.15, 0.2) is 0 Å². The monoisotopic (exact) mass is 402 g/mol. The normalized spacial score (nSPS) is 14.7. The van der Waals surface area contributed by atoms with E-state index >= 15 is 0 Å². The number of halogens is 1. The average molecular weight is 403 g/mol. The molecule has 0 radical (unpaired) electrons. The molecule has 1 aliphatic heterocycles. The van der Waals surface area contributed by atoms with Crippen molar-refractivity contribution in [2.45, 2.75) is 29.7 Å². The van der Waals surface area contributed by atoms with Crippen LogP contribution >= 0.6 is 11.6 Å². The second-order valence-corrected chi connectivity index (χ2v) is 8.90. The molecule has 2 aromatic carbocycles. The first kappa shape index (κ1) is 18.1. The van der Waals surface area contributed by atoms with Crippen LogP contribution in [0.15, 0.2) is 62.9 Å². The maximum Gasteiger partial charge on any atom is 0.236 e. The minimum Gasteiger partial charge on any atom is -0.419 e. The van der Waals surface area contributed by atoms with Crippen molar-refractivity contribution < 1.29 is 12.8 Å². The van der Waals surface area contributed by atoms with Gasteiger partial charge in [0.05, 0.1) is 4.90 Å². The molecule has 0 aliphatic carbocycles. The molecule has 0 saturated carbocycles. The fraction of sp³-hybridized carbons (Fsp3) is 0.250. The van der Waals surface area contributed by atoms with Crippen LogP contribution < -0.4 is 4.90 Å². The molecule has 140 valence electrons. The molecule has 0 unspecified atom stereocenters. The summed E-state index contributed by atoms with van der Waals surface area (Å²) in [4.78, 5) is 6.53. The van der Waals surface area contributed by atoms with E-state index in [1.165, 1.54) is 12.1 Å². The molecule has 5 nitrogen and oxygen atoms in total. The van der Waals surface area contributed by atoms with Crippen LogP contribution in [-0.2, 0) is 9.84 Å². The van der Waals surface area contributed by atoms with Crippen LogP contribution in [0.25, 0.3) is 11.5 Å². The van der Waals surface area contributed by atoms with Gasteiger partial charge in [-0.2, -0.15) is 4.98 Å². The van der Waals surface area contributed by atoms with E-state index in [-0.39, 0.29) is 9.92 Å². The van der Waals surface area contributed by atoms with Crippen molar-refractivity contribution in [2.75, 3.05) is 18.0 Å². The number of anilines is 1. The van der Waals surface area contributed by atoms with E-state index in [0.29, 0.717) is 16.8 Å². The Morgan fingerprint density at radius 3 is 2.37 bits per heavy atom. The predicted octanol–water partition coefficient (Wildman–Crippen LogP) is 4.74. The van der Waals surface area contributed by atoms with Gasteiger partial charge in [-0.05, 0) is 55.7 Å². The lowest BCUT2D eigenvalue weighted by Gasteiger charge is -2.14. The van der Waals surface area contributed by atoms with Crippen molar-refractivity contribution in [3.8, 4) is 11.5 Å². The third kappa shape index (κ3) is 3.35. The molecular weight excluding hydrogens is 384 g/mol. The molecule has 1 aliphatic rings. The summed E-state index contributed by atoms with van der Waals surface area (Å²) in [5.41, 5.74) is 1.76. The molecule has 1 fully saturated rings. The fourth-order valence-electron chi connectivity index (χ4n) is 3.25. The van der Waals surface area contributed by atoms with E-state index in [4.69, 9.17) is 16.0 Å². The van der Waals surface area contributed by atoms with Crippen LogP contribution in [0.1, 0.15) is 18.4 Å². The largest absolute Gasteiger partial charge is 0.419 e. The second kappa shape index (κ2) is 7.02. The summed E-state index contributed by atoms with van der Waals surface area (Å²) in [5, 5.41) is 0.444. The van der Waals surface area contributed by atoms with E-state index in [0.717, 1.165) is 37.1 Å². The third-order valence-corrected chi connectivity index (χ3v) is 6.65. The topological polar surface area (TPSA) is 63.4 Å². The molecule has 3 aromatic rings. The van der Waals surface area contributed by atoms with Gasteiger partial charge in [-0.25, -0.2) is 8.42 Å². The van der Waals surface area contributed by atoms with Gasteiger partial charge in [-0.1, -0.05) is 29.8 Å². The van der Waals surface area contributed by atoms with Gasteiger partial charge in [0.2, 0.25) is 26.6 Å². The minimum atomic E-state index is -3.83. The maximum atomic E-state index is 13.3. The van der Waals surface area contributed by atoms with Crippen LogP contribution in [0, 0.1) is 6.92 Å². The lowest BCUT2D eigenvalue weighted by Crippen LogP contribution is -2.19. The Morgan fingerprint density at radius 2 is 1.70 bits per heavy atom. The summed E-state index contributed by atoms with van der Waals surface area (Å²) >= 11 is 5.91. The molecule has 1 aromatic heterocycles. The number of hydrogen-bond donors (Lipinski definition) is 0. The van der Waals surface area contributed by atoms with Gasteiger partial charge < -0.3 is 9.32 Å². The van der Waals surface area contributed by atoms with Crippen LogP contribution in [0.2, 0.25) is 5.02 Å². The Hall–Kier alpha value is -2.31. The molecule has 27 heavy (non-hydrogen) atoms. The molecule has 1 saturated heterocycles. The van der Waals surface area contributed by atoms with Gasteiger partial charge in [0.25, 0.3) is 0 Å². The first-order valence-corrected chi connectivity index (χ1v) is 10.7. The zero-order chi connectivity index (χ0) is 19.0. The fourth-order valence-corrected chi connectivity index (χ4v) is 4.69. The lowest BCUT2D eigenvalue weighted by atomic mass is 10.1. The van der Waals surface area contributed by atoms with Crippen LogP contribution in [0.3, 0.4) is 0 Å². The smallest absolute Gasteiger partial charge is 0.236 e. The predicted molar refractivity (Wildman–Crippen MR) is 105 cm³/mol. The van der Waals surface area contributed by atoms with E-state index in [1.54, 1.807) is 12.1 Å². The highest BCUT2D eigenvalue weighted by Crippen LogP contribution is 2.37. The Labute approximate surface area is 163 Å². The number of aryl methyl sites for hydroxylation is 1. The van der Waals surface area contributed by atoms with Gasteiger partial charge in [-0.3, -0.25) is 0 Å². The highest BCUT2D eigenvalue weighted by molar-refractivity contribution is 7.91. The first-order chi connectivity index (χ1) is 13.0. The Morgan fingerprint density at radius 1 is 1.04 bits per heavy atom. The molecule has 0 bridgehead atoms. The van der Waals surface area contributed by atoms with Gasteiger partial charge >= 0.3 is 0 Å². The number of oxazole rings is 1. The summed E-state index contributed by atoms with van der Waals surface area (Å²) in [6.45, 7) is 3.46. The van der Waals surface area contributed by atoms with Crippen LogP contribution in [0.5, 0.6) is 0 Å². The maximum absolute atomic E-state index is 13.3. The minimum absolute atomic E-state index is 0.0371. The molecule has 4 rings (SSSR count). The second-order valence-electron chi connectivity index (χ2n) is 6.60. The average Bonchev–Trinajstić information content (AvgIpc) is 3.32. The standard InChI is InChI=1S/C20H19ClN2O3S/c1-14-6-2-3-7-17(14)18-22-19(20(26-18)23-12-4-5-13-23)27(24,25)16-10-8-15(21)9-11-16/h2-3,6-11H,4-5,12-13H2,1H3. The number of rotatable bonds is 4. The Balaban J connectivity index is 1.88. The van der Waals surface area contributed by atoms with E-state index in [2.05, 4.69) is 4.98 Å². The zero-order valence-electron chi connectivity index (χ0n) is 14.9. The van der Waals surface area contributed by atoms with Crippen molar-refractivity contribution in [3.63, 3.8) is 0 Å². The summed E-state index contributed by atoms with van der Waals surface area (Å²) in [7, 11) is -3.83. The summed E-state index contributed by atoms with van der Waals surface area (Å²) in [5.74, 6) is 0.642. The Kier molecular flexibility index (Phi) is 4.70. The number of nitrogens with zero attached hydrogens (tertiary/aromatic N) is 2. The highest BCUT2D eigenvalue weighted by atomic mass is 35.5. The van der Waals surface area contributed by atoms with Crippen molar-refractivity contribution in [2.24, 2.45) is 0 Å². The van der Waals surface area contributed by atoms with E-state index in [9.17, 15) is 8.42 Å². The molecular formula is C20H19ClN2O3S. The quantitative estimate of drug-likeness (QED) is 0.630. The van der Waals surface area contributed by atoms with Crippen molar-refractivity contribution in [1.82, 2.24) is 4.98 Å². The van der Waals surface area contributed by atoms with Gasteiger partial charge in [0.1, 0.15) is 0 Å². The molecule has 2 heterocycles. The lowest BCUT2D eigenvalue weighted by molar-refractivity contribution is 0.556. The third-order valence-electron chi connectivity index (χ3n) is 4.73. The summed E-state index contributed by atoms with van der Waals surface area (Å²) in [6.07, 6.45) is 2.00. The Bertz CT molecular complexity index is 1070. The molecule has 0 N–H and O–H groups in total. The van der Waals surface area contributed by atoms with E-state index in [1.807, 2.05) is 36.1 Å².